The first-order valence-electron chi connectivity index (χ1n) is 9.39. The van der Waals surface area contributed by atoms with Crippen molar-refractivity contribution in [2.75, 3.05) is 4.90 Å². The van der Waals surface area contributed by atoms with Crippen LogP contribution in [0.5, 0.6) is 0 Å². The predicted molar refractivity (Wildman–Crippen MR) is 111 cm³/mol. The number of benzene rings is 2. The number of hydrogen-bond acceptors (Lipinski definition) is 2. The number of hydrogen-bond donors (Lipinski definition) is 1. The fourth-order valence-electron chi connectivity index (χ4n) is 3.22. The van der Waals surface area contributed by atoms with Gasteiger partial charge in [-0.1, -0.05) is 24.6 Å². The molecule has 0 atom stereocenters. The van der Waals surface area contributed by atoms with Gasteiger partial charge < -0.3 is 9.88 Å². The second kappa shape index (κ2) is 7.78. The molecule has 0 radical (unpaired) electrons. The third kappa shape index (κ3) is 4.11. The van der Waals surface area contributed by atoms with Gasteiger partial charge in [0.05, 0.1) is 6.54 Å². The first-order valence-corrected chi connectivity index (χ1v) is 9.39. The Hall–Kier alpha value is -2.88. The molecule has 140 valence electrons. The summed E-state index contributed by atoms with van der Waals surface area (Å²) in [5.74, 6) is 0.0319. The molecule has 2 aromatic carbocycles. The maximum absolute atomic E-state index is 12.8. The van der Waals surface area contributed by atoms with E-state index in [9.17, 15) is 9.59 Å². The van der Waals surface area contributed by atoms with Crippen LogP contribution < -0.4 is 10.5 Å². The number of aryl methyl sites for hydroxylation is 3. The van der Waals surface area contributed by atoms with Gasteiger partial charge in [0.25, 0.3) is 5.56 Å². The topological polar surface area (TPSA) is 53.2 Å². The molecule has 1 aromatic heterocycles. The Morgan fingerprint density at radius 1 is 1.00 bits per heavy atom. The molecule has 0 saturated carbocycles. The summed E-state index contributed by atoms with van der Waals surface area (Å²) in [5.41, 5.74) is 5.53. The monoisotopic (exact) mass is 362 g/mol. The number of nitrogens with one attached hydrogen (secondary N) is 1. The predicted octanol–water partition coefficient (Wildman–Crippen LogP) is 4.79. The van der Waals surface area contributed by atoms with E-state index in [-0.39, 0.29) is 18.0 Å². The second-order valence-corrected chi connectivity index (χ2v) is 7.21. The summed E-state index contributed by atoms with van der Waals surface area (Å²) >= 11 is 0. The summed E-state index contributed by atoms with van der Waals surface area (Å²) in [7, 11) is 0. The zero-order valence-electron chi connectivity index (χ0n) is 16.4. The van der Waals surface area contributed by atoms with Crippen molar-refractivity contribution in [3.05, 3.63) is 75.1 Å². The third-order valence-corrected chi connectivity index (χ3v) is 4.97. The molecule has 3 aromatic rings. The highest BCUT2D eigenvalue weighted by Crippen LogP contribution is 2.22. The first kappa shape index (κ1) is 18.9. The van der Waals surface area contributed by atoms with Crippen LogP contribution in [-0.2, 0) is 11.3 Å². The Morgan fingerprint density at radius 3 is 2.48 bits per heavy atom. The van der Waals surface area contributed by atoms with Gasteiger partial charge in [-0.2, -0.15) is 0 Å². The molecule has 1 N–H and O–H groups in total. The zero-order valence-corrected chi connectivity index (χ0v) is 16.4. The molecule has 0 aliphatic rings. The number of rotatable bonds is 5. The maximum atomic E-state index is 12.8. The van der Waals surface area contributed by atoms with Crippen molar-refractivity contribution in [1.82, 2.24) is 4.98 Å². The molecule has 0 spiro atoms. The lowest BCUT2D eigenvalue weighted by molar-refractivity contribution is -0.118. The number of aromatic amines is 1. The fraction of sp³-hybridized carbons (Fsp3) is 0.304. The van der Waals surface area contributed by atoms with E-state index in [1.807, 2.05) is 70.2 Å². The van der Waals surface area contributed by atoms with Crippen molar-refractivity contribution < 1.29 is 4.79 Å². The van der Waals surface area contributed by atoms with Crippen molar-refractivity contribution >= 4 is 22.5 Å². The average molecular weight is 362 g/mol. The molecular weight excluding hydrogens is 336 g/mol. The molecule has 0 bridgehead atoms. The standard InChI is InChI=1S/C23H26N2O2/c1-5-6-22(26)25(20-9-8-16(3)17(4)12-20)14-19-13-18-11-15(2)7-10-21(18)24-23(19)27/h7-13H,5-6,14H2,1-4H3,(H,24,27). The molecule has 1 amide bonds. The number of aromatic nitrogens is 1. The van der Waals surface area contributed by atoms with E-state index in [0.717, 1.165) is 34.1 Å². The zero-order chi connectivity index (χ0) is 19.6. The molecule has 0 fully saturated rings. The van der Waals surface area contributed by atoms with Crippen molar-refractivity contribution in [2.45, 2.75) is 47.1 Å². The molecule has 0 aliphatic carbocycles. The molecule has 27 heavy (non-hydrogen) atoms. The largest absolute Gasteiger partial charge is 0.322 e. The number of carbonyl (C=O) groups excluding carboxylic acids is 1. The van der Waals surface area contributed by atoms with Crippen molar-refractivity contribution in [1.29, 1.82) is 0 Å². The van der Waals surface area contributed by atoms with Gasteiger partial charge in [0.15, 0.2) is 0 Å². The molecular formula is C23H26N2O2. The van der Waals surface area contributed by atoms with Gasteiger partial charge in [-0.25, -0.2) is 0 Å². The number of nitrogens with zero attached hydrogens (tertiary/aromatic N) is 1. The van der Waals surface area contributed by atoms with E-state index < -0.39 is 0 Å². The lowest BCUT2D eigenvalue weighted by Gasteiger charge is -2.23. The Balaban J connectivity index is 2.04. The summed E-state index contributed by atoms with van der Waals surface area (Å²) < 4.78 is 0. The molecule has 0 unspecified atom stereocenters. The van der Waals surface area contributed by atoms with Crippen molar-refractivity contribution in [3.63, 3.8) is 0 Å². The number of pyridine rings is 1. The number of anilines is 1. The van der Waals surface area contributed by atoms with E-state index in [1.165, 1.54) is 5.56 Å². The van der Waals surface area contributed by atoms with Crippen LogP contribution in [0, 0.1) is 20.8 Å². The lowest BCUT2D eigenvalue weighted by Crippen LogP contribution is -2.32. The highest BCUT2D eigenvalue weighted by Gasteiger charge is 2.18. The Labute approximate surface area is 159 Å². The summed E-state index contributed by atoms with van der Waals surface area (Å²) in [5, 5.41) is 0.979. The van der Waals surface area contributed by atoms with Crippen LogP contribution in [0.25, 0.3) is 10.9 Å². The van der Waals surface area contributed by atoms with Crippen LogP contribution in [-0.4, -0.2) is 10.9 Å². The van der Waals surface area contributed by atoms with E-state index in [2.05, 4.69) is 4.98 Å². The highest BCUT2D eigenvalue weighted by molar-refractivity contribution is 5.93. The van der Waals surface area contributed by atoms with Crippen LogP contribution >= 0.6 is 0 Å². The first-order chi connectivity index (χ1) is 12.9. The summed E-state index contributed by atoms with van der Waals surface area (Å²) in [6.07, 6.45) is 1.23. The normalized spacial score (nSPS) is 11.0. The van der Waals surface area contributed by atoms with E-state index in [1.54, 1.807) is 4.90 Å². The van der Waals surface area contributed by atoms with E-state index in [0.29, 0.717) is 12.0 Å². The number of carbonyl (C=O) groups is 1. The van der Waals surface area contributed by atoms with E-state index >= 15 is 0 Å². The molecule has 0 saturated heterocycles. The third-order valence-electron chi connectivity index (χ3n) is 4.97. The van der Waals surface area contributed by atoms with E-state index in [4.69, 9.17) is 0 Å². The van der Waals surface area contributed by atoms with Crippen LogP contribution in [0.15, 0.2) is 47.3 Å². The van der Waals surface area contributed by atoms with Crippen molar-refractivity contribution in [2.24, 2.45) is 0 Å². The molecule has 4 heteroatoms. The summed E-state index contributed by atoms with van der Waals surface area (Å²) in [4.78, 5) is 30.0. The van der Waals surface area contributed by atoms with Gasteiger partial charge >= 0.3 is 0 Å². The average Bonchev–Trinajstić information content (AvgIpc) is 2.63. The smallest absolute Gasteiger partial charge is 0.253 e. The van der Waals surface area contributed by atoms with Gasteiger partial charge in [0.1, 0.15) is 0 Å². The quantitative estimate of drug-likeness (QED) is 0.710. The Bertz CT molecular complexity index is 1050. The van der Waals surface area contributed by atoms with Crippen LogP contribution in [0.4, 0.5) is 5.69 Å². The van der Waals surface area contributed by atoms with Gasteiger partial charge in [0.2, 0.25) is 5.91 Å². The van der Waals surface area contributed by atoms with Gasteiger partial charge in [-0.15, -0.1) is 0 Å². The molecule has 4 nitrogen and oxygen atoms in total. The van der Waals surface area contributed by atoms with Gasteiger partial charge in [-0.3, -0.25) is 9.59 Å². The summed E-state index contributed by atoms with van der Waals surface area (Å²) in [6, 6.07) is 13.8. The SMILES string of the molecule is CCCC(=O)N(Cc1cc2cc(C)ccc2[nH]c1=O)c1ccc(C)c(C)c1. The number of fused-ring (bicyclic) bond motifs is 1. The number of amides is 1. The number of H-pyrrole nitrogens is 1. The highest BCUT2D eigenvalue weighted by atomic mass is 16.2. The van der Waals surface area contributed by atoms with Crippen LogP contribution in [0.1, 0.15) is 42.0 Å². The van der Waals surface area contributed by atoms with Crippen molar-refractivity contribution in [3.8, 4) is 0 Å². The van der Waals surface area contributed by atoms with Crippen LogP contribution in [0.2, 0.25) is 0 Å². The lowest BCUT2D eigenvalue weighted by atomic mass is 10.1. The van der Waals surface area contributed by atoms with Gasteiger partial charge in [0, 0.05) is 23.2 Å². The minimum atomic E-state index is -0.149. The molecule has 0 aliphatic heterocycles. The minimum Gasteiger partial charge on any atom is -0.322 e. The Morgan fingerprint density at radius 2 is 1.78 bits per heavy atom. The Kier molecular flexibility index (Phi) is 5.45. The molecule has 1 heterocycles. The molecule has 3 rings (SSSR count). The summed E-state index contributed by atoms with van der Waals surface area (Å²) in [6.45, 7) is 8.36. The minimum absolute atomic E-state index is 0.0319. The van der Waals surface area contributed by atoms with Gasteiger partial charge in [-0.05, 0) is 74.0 Å². The second-order valence-electron chi connectivity index (χ2n) is 7.21. The van der Waals surface area contributed by atoms with Crippen LogP contribution in [0.3, 0.4) is 0 Å². The fourth-order valence-corrected chi connectivity index (χ4v) is 3.22. The maximum Gasteiger partial charge on any atom is 0.253 e.